The fourth-order valence-electron chi connectivity index (χ4n) is 3.17. The molecular formula is C25H26N2O5. The van der Waals surface area contributed by atoms with Crippen molar-refractivity contribution in [2.45, 2.75) is 13.8 Å². The Labute approximate surface area is 186 Å². The standard InChI is InChI=1S/C25H26N2O5/c1-3-27(4-2)25(30)19-9-12-21(13-10-19)26-23(28)16-32-24(29)17-31-22-14-11-18-7-5-6-8-20(18)15-22/h5-15H,3-4,16-17H2,1-2H3,(H,26,28). The second-order valence-corrected chi connectivity index (χ2v) is 7.06. The van der Waals surface area contributed by atoms with Crippen molar-refractivity contribution in [1.82, 2.24) is 4.90 Å². The molecule has 0 saturated carbocycles. The van der Waals surface area contributed by atoms with E-state index in [0.717, 1.165) is 10.8 Å². The van der Waals surface area contributed by atoms with Gasteiger partial charge < -0.3 is 19.7 Å². The monoisotopic (exact) mass is 434 g/mol. The zero-order valence-corrected chi connectivity index (χ0v) is 18.2. The van der Waals surface area contributed by atoms with Crippen LogP contribution in [0.15, 0.2) is 66.7 Å². The van der Waals surface area contributed by atoms with E-state index in [1.54, 1.807) is 35.2 Å². The van der Waals surface area contributed by atoms with E-state index >= 15 is 0 Å². The molecule has 3 rings (SSSR count). The molecular weight excluding hydrogens is 408 g/mol. The van der Waals surface area contributed by atoms with Gasteiger partial charge >= 0.3 is 5.97 Å². The quantitative estimate of drug-likeness (QED) is 0.517. The molecule has 0 heterocycles. The number of nitrogens with zero attached hydrogens (tertiary/aromatic N) is 1. The Morgan fingerprint density at radius 1 is 0.844 bits per heavy atom. The van der Waals surface area contributed by atoms with E-state index in [-0.39, 0.29) is 12.5 Å². The highest BCUT2D eigenvalue weighted by molar-refractivity contribution is 5.96. The van der Waals surface area contributed by atoms with Gasteiger partial charge in [-0.05, 0) is 61.0 Å². The van der Waals surface area contributed by atoms with E-state index in [0.29, 0.717) is 30.1 Å². The number of benzene rings is 3. The third-order valence-corrected chi connectivity index (χ3v) is 4.91. The van der Waals surface area contributed by atoms with Gasteiger partial charge in [0, 0.05) is 24.3 Å². The number of rotatable bonds is 9. The van der Waals surface area contributed by atoms with Crippen LogP contribution in [0.25, 0.3) is 10.8 Å². The molecule has 0 aliphatic rings. The molecule has 0 radical (unpaired) electrons. The van der Waals surface area contributed by atoms with Crippen LogP contribution >= 0.6 is 0 Å². The van der Waals surface area contributed by atoms with E-state index in [1.807, 2.05) is 50.2 Å². The molecule has 0 saturated heterocycles. The maximum Gasteiger partial charge on any atom is 0.344 e. The number of nitrogens with one attached hydrogen (secondary N) is 1. The van der Waals surface area contributed by atoms with Crippen LogP contribution in [0.4, 0.5) is 5.69 Å². The van der Waals surface area contributed by atoms with Crippen molar-refractivity contribution in [1.29, 1.82) is 0 Å². The predicted octanol–water partition coefficient (Wildman–Crippen LogP) is 3.88. The summed E-state index contributed by atoms with van der Waals surface area (Å²) in [6.45, 7) is 4.37. The third kappa shape index (κ3) is 6.07. The number of anilines is 1. The topological polar surface area (TPSA) is 84.9 Å². The highest BCUT2D eigenvalue weighted by Crippen LogP contribution is 2.20. The smallest absolute Gasteiger partial charge is 0.344 e. The first-order valence-electron chi connectivity index (χ1n) is 10.5. The lowest BCUT2D eigenvalue weighted by atomic mass is 10.1. The van der Waals surface area contributed by atoms with Crippen molar-refractivity contribution in [3.8, 4) is 5.75 Å². The zero-order chi connectivity index (χ0) is 22.9. The van der Waals surface area contributed by atoms with Gasteiger partial charge in [-0.15, -0.1) is 0 Å². The largest absolute Gasteiger partial charge is 0.482 e. The van der Waals surface area contributed by atoms with E-state index in [2.05, 4.69) is 5.32 Å². The van der Waals surface area contributed by atoms with Gasteiger partial charge in [0.05, 0.1) is 0 Å². The Morgan fingerprint density at radius 3 is 2.22 bits per heavy atom. The van der Waals surface area contributed by atoms with E-state index in [4.69, 9.17) is 9.47 Å². The number of amides is 2. The second kappa shape index (κ2) is 10.9. The summed E-state index contributed by atoms with van der Waals surface area (Å²) in [7, 11) is 0. The fourth-order valence-corrected chi connectivity index (χ4v) is 3.17. The summed E-state index contributed by atoms with van der Waals surface area (Å²) in [5.74, 6) is -0.641. The third-order valence-electron chi connectivity index (χ3n) is 4.91. The van der Waals surface area contributed by atoms with Gasteiger partial charge in [0.15, 0.2) is 13.2 Å². The molecule has 2 amide bonds. The highest BCUT2D eigenvalue weighted by atomic mass is 16.6. The summed E-state index contributed by atoms with van der Waals surface area (Å²) < 4.78 is 10.4. The summed E-state index contributed by atoms with van der Waals surface area (Å²) >= 11 is 0. The van der Waals surface area contributed by atoms with Crippen molar-refractivity contribution >= 4 is 34.2 Å². The fraction of sp³-hybridized carbons (Fsp3) is 0.240. The van der Waals surface area contributed by atoms with Crippen LogP contribution in [0.1, 0.15) is 24.2 Å². The van der Waals surface area contributed by atoms with E-state index in [1.165, 1.54) is 0 Å². The van der Waals surface area contributed by atoms with Gasteiger partial charge in [0.25, 0.3) is 11.8 Å². The van der Waals surface area contributed by atoms with Gasteiger partial charge in [0.2, 0.25) is 0 Å². The number of esters is 1. The molecule has 0 aromatic heterocycles. The minimum atomic E-state index is -0.645. The Morgan fingerprint density at radius 2 is 1.53 bits per heavy atom. The van der Waals surface area contributed by atoms with Crippen LogP contribution in [0, 0.1) is 0 Å². The lowest BCUT2D eigenvalue weighted by Gasteiger charge is -2.18. The second-order valence-electron chi connectivity index (χ2n) is 7.06. The molecule has 7 nitrogen and oxygen atoms in total. The SMILES string of the molecule is CCN(CC)C(=O)c1ccc(NC(=O)COC(=O)COc2ccc3ccccc3c2)cc1. The molecule has 0 bridgehead atoms. The number of hydrogen-bond acceptors (Lipinski definition) is 5. The maximum atomic E-state index is 12.3. The lowest BCUT2D eigenvalue weighted by molar-refractivity contribution is -0.149. The normalized spacial score (nSPS) is 10.4. The molecule has 32 heavy (non-hydrogen) atoms. The molecule has 7 heteroatoms. The Hall–Kier alpha value is -3.87. The van der Waals surface area contributed by atoms with Crippen LogP contribution in [0.5, 0.6) is 5.75 Å². The van der Waals surface area contributed by atoms with Crippen LogP contribution < -0.4 is 10.1 Å². The molecule has 3 aromatic rings. The number of ether oxygens (including phenoxy) is 2. The molecule has 0 aliphatic heterocycles. The summed E-state index contributed by atoms with van der Waals surface area (Å²) in [6.07, 6.45) is 0. The number of hydrogen-bond donors (Lipinski definition) is 1. The number of carbonyl (C=O) groups excluding carboxylic acids is 3. The van der Waals surface area contributed by atoms with Crippen LogP contribution in [0.2, 0.25) is 0 Å². The highest BCUT2D eigenvalue weighted by Gasteiger charge is 2.13. The average molecular weight is 434 g/mol. The van der Waals surface area contributed by atoms with Crippen LogP contribution in [0.3, 0.4) is 0 Å². The van der Waals surface area contributed by atoms with Gasteiger partial charge in [-0.2, -0.15) is 0 Å². The van der Waals surface area contributed by atoms with E-state index in [9.17, 15) is 14.4 Å². The van der Waals surface area contributed by atoms with Gasteiger partial charge in [-0.25, -0.2) is 4.79 Å². The summed E-state index contributed by atoms with van der Waals surface area (Å²) in [5, 5.41) is 4.71. The molecule has 0 spiro atoms. The first-order valence-corrected chi connectivity index (χ1v) is 10.5. The molecule has 3 aromatic carbocycles. The number of fused-ring (bicyclic) bond motifs is 1. The Bertz CT molecular complexity index is 1090. The molecule has 0 fully saturated rings. The first kappa shape index (κ1) is 22.8. The van der Waals surface area contributed by atoms with Crippen molar-refractivity contribution in [2.75, 3.05) is 31.6 Å². The van der Waals surface area contributed by atoms with E-state index < -0.39 is 18.5 Å². The summed E-state index contributed by atoms with van der Waals surface area (Å²) in [4.78, 5) is 38.0. The minimum Gasteiger partial charge on any atom is -0.482 e. The predicted molar refractivity (Wildman–Crippen MR) is 123 cm³/mol. The molecule has 1 N–H and O–H groups in total. The summed E-state index contributed by atoms with van der Waals surface area (Å²) in [6, 6.07) is 19.9. The summed E-state index contributed by atoms with van der Waals surface area (Å²) in [5.41, 5.74) is 1.05. The van der Waals surface area contributed by atoms with Crippen molar-refractivity contribution in [3.05, 3.63) is 72.3 Å². The molecule has 0 atom stereocenters. The van der Waals surface area contributed by atoms with Gasteiger partial charge in [0.1, 0.15) is 5.75 Å². The van der Waals surface area contributed by atoms with Gasteiger partial charge in [-0.1, -0.05) is 30.3 Å². The Balaban J connectivity index is 1.43. The molecule has 0 aliphatic carbocycles. The van der Waals surface area contributed by atoms with Crippen LogP contribution in [-0.4, -0.2) is 49.0 Å². The van der Waals surface area contributed by atoms with Crippen LogP contribution in [-0.2, 0) is 14.3 Å². The van der Waals surface area contributed by atoms with Crippen molar-refractivity contribution in [2.24, 2.45) is 0 Å². The Kier molecular flexibility index (Phi) is 7.80. The average Bonchev–Trinajstić information content (AvgIpc) is 2.82. The lowest BCUT2D eigenvalue weighted by Crippen LogP contribution is -2.30. The minimum absolute atomic E-state index is 0.0618. The maximum absolute atomic E-state index is 12.3. The zero-order valence-electron chi connectivity index (χ0n) is 18.2. The number of carbonyl (C=O) groups is 3. The van der Waals surface area contributed by atoms with Gasteiger partial charge in [-0.3, -0.25) is 9.59 Å². The van der Waals surface area contributed by atoms with Crippen molar-refractivity contribution in [3.63, 3.8) is 0 Å². The molecule has 166 valence electrons. The molecule has 0 unspecified atom stereocenters. The first-order chi connectivity index (χ1) is 15.5. The van der Waals surface area contributed by atoms with Crippen molar-refractivity contribution < 1.29 is 23.9 Å².